The van der Waals surface area contributed by atoms with Crippen LogP contribution in [0.4, 0.5) is 4.79 Å². The first-order chi connectivity index (χ1) is 9.63. The van der Waals surface area contributed by atoms with E-state index in [2.05, 4.69) is 5.32 Å². The number of aliphatic hydroxyl groups excluding tert-OH is 1. The molecule has 0 aromatic heterocycles. The van der Waals surface area contributed by atoms with Gasteiger partial charge in [-0.15, -0.1) is 0 Å². The van der Waals surface area contributed by atoms with Crippen LogP contribution in [0.5, 0.6) is 0 Å². The SMILES string of the molecule is CC(O)CN(C)C(=O)NCC(C)(C)c1ccc(Cl)c(Cl)c1. The number of carbonyl (C=O) groups is 1. The van der Waals surface area contributed by atoms with Crippen molar-refractivity contribution in [1.82, 2.24) is 10.2 Å². The summed E-state index contributed by atoms with van der Waals surface area (Å²) in [6.45, 7) is 6.42. The van der Waals surface area contributed by atoms with Gasteiger partial charge in [0.25, 0.3) is 0 Å². The highest BCUT2D eigenvalue weighted by molar-refractivity contribution is 6.42. The molecule has 4 nitrogen and oxygen atoms in total. The molecule has 118 valence electrons. The highest BCUT2D eigenvalue weighted by Crippen LogP contribution is 2.29. The third-order valence-corrected chi connectivity index (χ3v) is 4.01. The summed E-state index contributed by atoms with van der Waals surface area (Å²) >= 11 is 12.0. The van der Waals surface area contributed by atoms with Crippen molar-refractivity contribution in [2.75, 3.05) is 20.1 Å². The Labute approximate surface area is 136 Å². The molecule has 0 bridgehead atoms. The summed E-state index contributed by atoms with van der Waals surface area (Å²) < 4.78 is 0. The first-order valence-corrected chi connectivity index (χ1v) is 7.51. The number of amides is 2. The number of carbonyl (C=O) groups excluding carboxylic acids is 1. The van der Waals surface area contributed by atoms with Crippen LogP contribution >= 0.6 is 23.2 Å². The number of rotatable bonds is 5. The Balaban J connectivity index is 2.68. The molecule has 0 aliphatic rings. The number of halogens is 2. The summed E-state index contributed by atoms with van der Waals surface area (Å²) in [5.74, 6) is 0. The maximum absolute atomic E-state index is 11.9. The molecular formula is C15H22Cl2N2O2. The highest BCUT2D eigenvalue weighted by Gasteiger charge is 2.23. The van der Waals surface area contributed by atoms with Crippen molar-refractivity contribution in [2.24, 2.45) is 0 Å². The molecule has 6 heteroatoms. The first-order valence-electron chi connectivity index (χ1n) is 6.76. The molecule has 0 aliphatic carbocycles. The number of urea groups is 1. The molecule has 1 rings (SSSR count). The molecular weight excluding hydrogens is 311 g/mol. The largest absolute Gasteiger partial charge is 0.392 e. The minimum atomic E-state index is -0.552. The Kier molecular flexibility index (Phi) is 6.32. The van der Waals surface area contributed by atoms with E-state index in [4.69, 9.17) is 23.2 Å². The van der Waals surface area contributed by atoms with Gasteiger partial charge in [0.15, 0.2) is 0 Å². The van der Waals surface area contributed by atoms with Crippen LogP contribution in [0.2, 0.25) is 10.0 Å². The van der Waals surface area contributed by atoms with Gasteiger partial charge in [0, 0.05) is 25.6 Å². The van der Waals surface area contributed by atoms with Crippen LogP contribution in [0.25, 0.3) is 0 Å². The summed E-state index contributed by atoms with van der Waals surface area (Å²) in [4.78, 5) is 13.4. The first kappa shape index (κ1) is 18.1. The minimum absolute atomic E-state index is 0.218. The van der Waals surface area contributed by atoms with Crippen LogP contribution in [0.3, 0.4) is 0 Å². The number of nitrogens with zero attached hydrogens (tertiary/aromatic N) is 1. The van der Waals surface area contributed by atoms with E-state index in [9.17, 15) is 9.90 Å². The van der Waals surface area contributed by atoms with Crippen LogP contribution in [-0.2, 0) is 5.41 Å². The lowest BCUT2D eigenvalue weighted by molar-refractivity contribution is 0.143. The molecule has 1 atom stereocenters. The molecule has 21 heavy (non-hydrogen) atoms. The number of nitrogens with one attached hydrogen (secondary N) is 1. The van der Waals surface area contributed by atoms with Gasteiger partial charge in [-0.25, -0.2) is 4.79 Å². The maximum Gasteiger partial charge on any atom is 0.317 e. The van der Waals surface area contributed by atoms with Crippen molar-refractivity contribution < 1.29 is 9.90 Å². The van der Waals surface area contributed by atoms with E-state index in [1.54, 1.807) is 20.0 Å². The lowest BCUT2D eigenvalue weighted by Gasteiger charge is -2.28. The monoisotopic (exact) mass is 332 g/mol. The van der Waals surface area contributed by atoms with E-state index in [1.165, 1.54) is 4.90 Å². The molecule has 0 spiro atoms. The van der Waals surface area contributed by atoms with E-state index in [0.29, 0.717) is 23.1 Å². The van der Waals surface area contributed by atoms with E-state index in [0.717, 1.165) is 5.56 Å². The summed E-state index contributed by atoms with van der Waals surface area (Å²) in [7, 11) is 1.65. The van der Waals surface area contributed by atoms with Crippen molar-refractivity contribution >= 4 is 29.2 Å². The van der Waals surface area contributed by atoms with Crippen molar-refractivity contribution in [3.05, 3.63) is 33.8 Å². The molecule has 0 saturated heterocycles. The second-order valence-corrected chi connectivity index (χ2v) is 6.72. The predicted molar refractivity (Wildman–Crippen MR) is 87.2 cm³/mol. The third-order valence-electron chi connectivity index (χ3n) is 3.27. The summed E-state index contributed by atoms with van der Waals surface area (Å²) in [5.41, 5.74) is 0.714. The molecule has 1 aromatic rings. The number of aliphatic hydroxyl groups is 1. The van der Waals surface area contributed by atoms with Crippen LogP contribution in [0.15, 0.2) is 18.2 Å². The van der Waals surface area contributed by atoms with E-state index < -0.39 is 6.10 Å². The van der Waals surface area contributed by atoms with Gasteiger partial charge in [-0.05, 0) is 24.6 Å². The zero-order chi connectivity index (χ0) is 16.2. The Morgan fingerprint density at radius 2 is 2.00 bits per heavy atom. The van der Waals surface area contributed by atoms with Crippen LogP contribution in [0.1, 0.15) is 26.3 Å². The molecule has 0 fully saturated rings. The topological polar surface area (TPSA) is 52.6 Å². The average Bonchev–Trinajstić information content (AvgIpc) is 2.38. The second-order valence-electron chi connectivity index (χ2n) is 5.90. The van der Waals surface area contributed by atoms with Crippen molar-refractivity contribution in [2.45, 2.75) is 32.3 Å². The van der Waals surface area contributed by atoms with Crippen molar-refractivity contribution in [1.29, 1.82) is 0 Å². The summed E-state index contributed by atoms with van der Waals surface area (Å²) in [6.07, 6.45) is -0.552. The summed E-state index contributed by atoms with van der Waals surface area (Å²) in [6, 6.07) is 5.25. The normalized spacial score (nSPS) is 12.9. The fourth-order valence-corrected chi connectivity index (χ4v) is 2.23. The second kappa shape index (κ2) is 7.34. The average molecular weight is 333 g/mol. The number of likely N-dealkylation sites (N-methyl/N-ethyl adjacent to an activating group) is 1. The highest BCUT2D eigenvalue weighted by atomic mass is 35.5. The van der Waals surface area contributed by atoms with E-state index >= 15 is 0 Å². The smallest absolute Gasteiger partial charge is 0.317 e. The standard InChI is InChI=1S/C15H22Cl2N2O2/c1-10(20)8-19(4)14(21)18-9-15(2,3)11-5-6-12(16)13(17)7-11/h5-7,10,20H,8-9H2,1-4H3,(H,18,21). The minimum Gasteiger partial charge on any atom is -0.392 e. The van der Waals surface area contributed by atoms with E-state index in [1.807, 2.05) is 26.0 Å². The van der Waals surface area contributed by atoms with Crippen molar-refractivity contribution in [3.8, 4) is 0 Å². The van der Waals surface area contributed by atoms with Gasteiger partial charge in [0.1, 0.15) is 0 Å². The number of benzene rings is 1. The van der Waals surface area contributed by atoms with Gasteiger partial charge in [-0.3, -0.25) is 0 Å². The molecule has 0 radical (unpaired) electrons. The molecule has 0 saturated carbocycles. The Hall–Kier alpha value is -0.970. The number of hydrogen-bond acceptors (Lipinski definition) is 2. The number of hydrogen-bond donors (Lipinski definition) is 2. The van der Waals surface area contributed by atoms with Gasteiger partial charge < -0.3 is 15.3 Å². The van der Waals surface area contributed by atoms with Crippen LogP contribution in [0, 0.1) is 0 Å². The fourth-order valence-electron chi connectivity index (χ4n) is 1.93. The van der Waals surface area contributed by atoms with E-state index in [-0.39, 0.29) is 11.4 Å². The molecule has 2 amide bonds. The Bertz CT molecular complexity index is 504. The quantitative estimate of drug-likeness (QED) is 0.869. The lowest BCUT2D eigenvalue weighted by atomic mass is 9.84. The van der Waals surface area contributed by atoms with Gasteiger partial charge in [0.05, 0.1) is 16.1 Å². The molecule has 0 heterocycles. The summed E-state index contributed by atoms with van der Waals surface area (Å²) in [5, 5.41) is 13.2. The predicted octanol–water partition coefficient (Wildman–Crippen LogP) is 3.29. The zero-order valence-corrected chi connectivity index (χ0v) is 14.3. The van der Waals surface area contributed by atoms with Gasteiger partial charge in [-0.2, -0.15) is 0 Å². The van der Waals surface area contributed by atoms with Gasteiger partial charge in [-0.1, -0.05) is 43.1 Å². The van der Waals surface area contributed by atoms with Gasteiger partial charge >= 0.3 is 6.03 Å². The van der Waals surface area contributed by atoms with Crippen LogP contribution < -0.4 is 5.32 Å². The zero-order valence-electron chi connectivity index (χ0n) is 12.8. The molecule has 1 unspecified atom stereocenters. The fraction of sp³-hybridized carbons (Fsp3) is 0.533. The van der Waals surface area contributed by atoms with Crippen molar-refractivity contribution in [3.63, 3.8) is 0 Å². The molecule has 2 N–H and O–H groups in total. The lowest BCUT2D eigenvalue weighted by Crippen LogP contribution is -2.45. The molecule has 0 aliphatic heterocycles. The Morgan fingerprint density at radius 3 is 2.52 bits per heavy atom. The Morgan fingerprint density at radius 1 is 1.38 bits per heavy atom. The third kappa shape index (κ3) is 5.38. The maximum atomic E-state index is 11.9. The molecule has 1 aromatic carbocycles. The van der Waals surface area contributed by atoms with Crippen LogP contribution in [-0.4, -0.2) is 42.3 Å². The van der Waals surface area contributed by atoms with Gasteiger partial charge in [0.2, 0.25) is 0 Å².